The second-order valence-electron chi connectivity index (χ2n) is 7.82. The summed E-state index contributed by atoms with van der Waals surface area (Å²) in [6.45, 7) is 1.20. The minimum absolute atomic E-state index is 0.104. The first-order chi connectivity index (χ1) is 15.2. The van der Waals surface area contributed by atoms with Crippen LogP contribution in [0.2, 0.25) is 0 Å². The molecular formula is C25H28O6. The van der Waals surface area contributed by atoms with Crippen molar-refractivity contribution in [3.8, 4) is 0 Å². The highest BCUT2D eigenvalue weighted by molar-refractivity contribution is 5.72. The lowest BCUT2D eigenvalue weighted by Crippen LogP contribution is -2.22. The molecule has 2 aromatic rings. The molecule has 0 aromatic heterocycles. The van der Waals surface area contributed by atoms with E-state index in [1.54, 1.807) is 0 Å². The number of carbonyl (C=O) groups excluding carboxylic acids is 2. The number of ether oxygens (including phenoxy) is 4. The number of rotatable bonds is 12. The highest BCUT2D eigenvalue weighted by atomic mass is 16.6. The number of fused-ring (bicyclic) bond motifs is 2. The molecule has 2 unspecified atom stereocenters. The largest absolute Gasteiger partial charge is 0.463 e. The molecular weight excluding hydrogens is 396 g/mol. The van der Waals surface area contributed by atoms with Crippen LogP contribution in [0.4, 0.5) is 0 Å². The normalized spacial score (nSPS) is 18.2. The van der Waals surface area contributed by atoms with Gasteiger partial charge in [-0.1, -0.05) is 48.5 Å². The van der Waals surface area contributed by atoms with Crippen LogP contribution in [-0.2, 0) is 41.4 Å². The quantitative estimate of drug-likeness (QED) is 0.381. The summed E-state index contributed by atoms with van der Waals surface area (Å²) in [6, 6.07) is 16.4. The summed E-state index contributed by atoms with van der Waals surface area (Å²) in [7, 11) is 0. The maximum absolute atomic E-state index is 11.8. The molecule has 0 spiro atoms. The lowest BCUT2D eigenvalue weighted by Gasteiger charge is -2.29. The molecule has 0 heterocycles. The third-order valence-corrected chi connectivity index (χ3v) is 5.71. The van der Waals surface area contributed by atoms with E-state index in [2.05, 4.69) is 24.3 Å². The summed E-state index contributed by atoms with van der Waals surface area (Å²) in [5.41, 5.74) is 5.07. The molecule has 4 rings (SSSR count). The number of hydrogen-bond acceptors (Lipinski definition) is 6. The Hall–Kier alpha value is -2.70. The minimum Gasteiger partial charge on any atom is -0.463 e. The Balaban J connectivity index is 0.979. The zero-order valence-corrected chi connectivity index (χ0v) is 17.6. The van der Waals surface area contributed by atoms with Crippen LogP contribution in [0, 0.1) is 0 Å². The third kappa shape index (κ3) is 5.71. The number of hydrogen-bond donors (Lipinski definition) is 0. The van der Waals surface area contributed by atoms with Gasteiger partial charge in [0.25, 0.3) is 0 Å². The van der Waals surface area contributed by atoms with Crippen molar-refractivity contribution in [3.63, 3.8) is 0 Å². The number of benzene rings is 2. The maximum Gasteiger partial charge on any atom is 0.305 e. The molecule has 0 saturated heterocycles. The van der Waals surface area contributed by atoms with Gasteiger partial charge in [-0.25, -0.2) is 0 Å². The van der Waals surface area contributed by atoms with Gasteiger partial charge in [0.2, 0.25) is 0 Å². The first-order valence-corrected chi connectivity index (χ1v) is 10.9. The average Bonchev–Trinajstić information content (AvgIpc) is 2.74. The van der Waals surface area contributed by atoms with Gasteiger partial charge >= 0.3 is 11.9 Å². The van der Waals surface area contributed by atoms with Crippen molar-refractivity contribution in [2.75, 3.05) is 26.4 Å². The zero-order valence-electron chi connectivity index (χ0n) is 17.6. The van der Waals surface area contributed by atoms with Crippen LogP contribution in [-0.4, -0.2) is 38.4 Å². The standard InChI is InChI=1S/C25H28O6/c26-24(30-14-12-28-22-16-18-6-1-3-8-20(18)22)10-5-11-25(27)31-15-13-29-23-17-19-7-2-4-9-21(19)23/h1-4,6-9,22-23H,5,10-17H2. The molecule has 0 fully saturated rings. The summed E-state index contributed by atoms with van der Waals surface area (Å²) in [5, 5.41) is 0. The smallest absolute Gasteiger partial charge is 0.305 e. The molecule has 2 aliphatic rings. The van der Waals surface area contributed by atoms with Gasteiger partial charge in [-0.15, -0.1) is 0 Å². The summed E-state index contributed by atoms with van der Waals surface area (Å²) in [5.74, 6) is -0.644. The van der Waals surface area contributed by atoms with Gasteiger partial charge in [-0.05, 0) is 28.7 Å². The van der Waals surface area contributed by atoms with Crippen molar-refractivity contribution < 1.29 is 28.5 Å². The minimum atomic E-state index is -0.322. The molecule has 0 radical (unpaired) electrons. The van der Waals surface area contributed by atoms with Crippen molar-refractivity contribution in [3.05, 3.63) is 70.8 Å². The first kappa shape index (κ1) is 21.5. The van der Waals surface area contributed by atoms with Gasteiger partial charge in [0.15, 0.2) is 0 Å². The summed E-state index contributed by atoms with van der Waals surface area (Å²) < 4.78 is 21.8. The van der Waals surface area contributed by atoms with Crippen molar-refractivity contribution in [2.45, 2.75) is 44.3 Å². The van der Waals surface area contributed by atoms with E-state index in [4.69, 9.17) is 18.9 Å². The molecule has 31 heavy (non-hydrogen) atoms. The molecule has 0 aliphatic heterocycles. The van der Waals surface area contributed by atoms with E-state index in [9.17, 15) is 9.59 Å². The predicted molar refractivity (Wildman–Crippen MR) is 113 cm³/mol. The summed E-state index contributed by atoms with van der Waals surface area (Å²) in [6.07, 6.45) is 2.82. The van der Waals surface area contributed by atoms with Crippen molar-refractivity contribution in [1.29, 1.82) is 0 Å². The van der Waals surface area contributed by atoms with Crippen LogP contribution in [0.1, 0.15) is 53.7 Å². The lowest BCUT2D eigenvalue weighted by atomic mass is 9.85. The monoisotopic (exact) mass is 424 g/mol. The van der Waals surface area contributed by atoms with Gasteiger partial charge in [0.1, 0.15) is 13.2 Å². The molecule has 0 saturated carbocycles. The highest BCUT2D eigenvalue weighted by Gasteiger charge is 2.26. The lowest BCUT2D eigenvalue weighted by molar-refractivity contribution is -0.148. The average molecular weight is 424 g/mol. The molecule has 2 aromatic carbocycles. The Morgan fingerprint density at radius 2 is 1.13 bits per heavy atom. The van der Waals surface area contributed by atoms with E-state index in [1.807, 2.05) is 24.3 Å². The molecule has 0 amide bonds. The fourth-order valence-electron chi connectivity index (χ4n) is 3.94. The van der Waals surface area contributed by atoms with Crippen molar-refractivity contribution in [1.82, 2.24) is 0 Å². The molecule has 6 nitrogen and oxygen atoms in total. The molecule has 164 valence electrons. The molecule has 2 aliphatic carbocycles. The van der Waals surface area contributed by atoms with Crippen molar-refractivity contribution in [2.24, 2.45) is 0 Å². The van der Waals surface area contributed by atoms with E-state index >= 15 is 0 Å². The number of carbonyl (C=O) groups is 2. The SMILES string of the molecule is O=C(CCCC(=O)OCCOC1Cc2ccccc21)OCCOC1Cc2ccccc21. The molecule has 0 N–H and O–H groups in total. The predicted octanol–water partition coefficient (Wildman–Crippen LogP) is 3.87. The zero-order chi connectivity index (χ0) is 21.5. The van der Waals surface area contributed by atoms with E-state index < -0.39 is 0 Å². The van der Waals surface area contributed by atoms with E-state index in [0.29, 0.717) is 19.6 Å². The Morgan fingerprint density at radius 1 is 0.677 bits per heavy atom. The van der Waals surface area contributed by atoms with Gasteiger partial charge in [-0.2, -0.15) is 0 Å². The number of esters is 2. The summed E-state index contributed by atoms with van der Waals surface area (Å²) in [4.78, 5) is 23.6. The van der Waals surface area contributed by atoms with E-state index in [0.717, 1.165) is 12.8 Å². The second kappa shape index (κ2) is 10.6. The van der Waals surface area contributed by atoms with Crippen molar-refractivity contribution >= 4 is 11.9 Å². The Bertz CT molecular complexity index is 835. The van der Waals surface area contributed by atoms with Gasteiger partial charge in [0.05, 0.1) is 25.4 Å². The van der Waals surface area contributed by atoms with Gasteiger partial charge in [0, 0.05) is 25.7 Å². The molecule has 2 atom stereocenters. The molecule has 6 heteroatoms. The van der Waals surface area contributed by atoms with E-state index in [-0.39, 0.29) is 50.2 Å². The Kier molecular flexibility index (Phi) is 7.33. The topological polar surface area (TPSA) is 71.1 Å². The van der Waals surface area contributed by atoms with E-state index in [1.165, 1.54) is 22.3 Å². The first-order valence-electron chi connectivity index (χ1n) is 10.9. The van der Waals surface area contributed by atoms with Crippen LogP contribution >= 0.6 is 0 Å². The van der Waals surface area contributed by atoms with Crippen LogP contribution in [0.5, 0.6) is 0 Å². The van der Waals surface area contributed by atoms with Crippen LogP contribution < -0.4 is 0 Å². The summed E-state index contributed by atoms with van der Waals surface area (Å²) >= 11 is 0. The maximum atomic E-state index is 11.8. The second-order valence-corrected chi connectivity index (χ2v) is 7.82. The fourth-order valence-corrected chi connectivity index (χ4v) is 3.94. The van der Waals surface area contributed by atoms with Crippen LogP contribution in [0.3, 0.4) is 0 Å². The highest BCUT2D eigenvalue weighted by Crippen LogP contribution is 2.36. The Labute approximate surface area is 182 Å². The fraction of sp³-hybridized carbons (Fsp3) is 0.440. The van der Waals surface area contributed by atoms with Crippen LogP contribution in [0.25, 0.3) is 0 Å². The van der Waals surface area contributed by atoms with Gasteiger partial charge < -0.3 is 18.9 Å². The third-order valence-electron chi connectivity index (χ3n) is 5.71. The Morgan fingerprint density at radius 3 is 1.58 bits per heavy atom. The van der Waals surface area contributed by atoms with Gasteiger partial charge in [-0.3, -0.25) is 9.59 Å². The van der Waals surface area contributed by atoms with Crippen LogP contribution in [0.15, 0.2) is 48.5 Å². The molecule has 0 bridgehead atoms.